The maximum atomic E-state index is 12.1. The van der Waals surface area contributed by atoms with E-state index in [4.69, 9.17) is 5.73 Å². The standard InChI is InChI=1S/C14H22N4O/c15-5-10-18-8-3-13(4-9-18)14(19)17-11-12-1-6-16-7-2-12/h1-2,6-7,13H,3-5,8-11,15H2,(H,17,19). The van der Waals surface area contributed by atoms with Gasteiger partial charge in [-0.05, 0) is 43.6 Å². The fourth-order valence-electron chi connectivity index (χ4n) is 2.44. The molecule has 1 aromatic heterocycles. The summed E-state index contributed by atoms with van der Waals surface area (Å²) in [5, 5.41) is 3.01. The molecule has 2 rings (SSSR count). The van der Waals surface area contributed by atoms with Crippen LogP contribution in [0.5, 0.6) is 0 Å². The zero-order valence-corrected chi connectivity index (χ0v) is 11.2. The minimum atomic E-state index is 0.149. The van der Waals surface area contributed by atoms with Crippen LogP contribution < -0.4 is 11.1 Å². The van der Waals surface area contributed by atoms with Crippen molar-refractivity contribution < 1.29 is 4.79 Å². The molecule has 19 heavy (non-hydrogen) atoms. The number of carbonyl (C=O) groups excluding carboxylic acids is 1. The van der Waals surface area contributed by atoms with Crippen molar-refractivity contribution in [2.75, 3.05) is 26.2 Å². The number of aromatic nitrogens is 1. The van der Waals surface area contributed by atoms with Gasteiger partial charge in [-0.2, -0.15) is 0 Å². The van der Waals surface area contributed by atoms with E-state index in [1.807, 2.05) is 12.1 Å². The summed E-state index contributed by atoms with van der Waals surface area (Å²) in [6, 6.07) is 3.84. The predicted molar refractivity (Wildman–Crippen MR) is 74.3 cm³/mol. The lowest BCUT2D eigenvalue weighted by atomic mass is 9.96. The fraction of sp³-hybridized carbons (Fsp3) is 0.571. The number of piperidine rings is 1. The van der Waals surface area contributed by atoms with Gasteiger partial charge < -0.3 is 16.0 Å². The van der Waals surface area contributed by atoms with Crippen LogP contribution in [0, 0.1) is 5.92 Å². The summed E-state index contributed by atoms with van der Waals surface area (Å²) in [7, 11) is 0. The highest BCUT2D eigenvalue weighted by molar-refractivity contribution is 5.78. The Morgan fingerprint density at radius 3 is 2.68 bits per heavy atom. The molecular weight excluding hydrogens is 240 g/mol. The number of likely N-dealkylation sites (tertiary alicyclic amines) is 1. The summed E-state index contributed by atoms with van der Waals surface area (Å²) in [5.74, 6) is 0.320. The van der Waals surface area contributed by atoms with Crippen LogP contribution in [-0.4, -0.2) is 42.0 Å². The van der Waals surface area contributed by atoms with Crippen molar-refractivity contribution in [3.8, 4) is 0 Å². The molecule has 0 radical (unpaired) electrons. The van der Waals surface area contributed by atoms with Gasteiger partial charge in [-0.25, -0.2) is 0 Å². The van der Waals surface area contributed by atoms with Crippen molar-refractivity contribution in [2.45, 2.75) is 19.4 Å². The molecule has 2 heterocycles. The minimum absolute atomic E-state index is 0.149. The van der Waals surface area contributed by atoms with Crippen molar-refractivity contribution in [3.63, 3.8) is 0 Å². The molecule has 1 aliphatic rings. The maximum absolute atomic E-state index is 12.1. The summed E-state index contributed by atoms with van der Waals surface area (Å²) in [6.07, 6.45) is 5.35. The summed E-state index contributed by atoms with van der Waals surface area (Å²) < 4.78 is 0. The lowest BCUT2D eigenvalue weighted by molar-refractivity contribution is -0.126. The monoisotopic (exact) mass is 262 g/mol. The predicted octanol–water partition coefficient (Wildman–Crippen LogP) is 0.369. The van der Waals surface area contributed by atoms with Gasteiger partial charge in [0.1, 0.15) is 0 Å². The first-order valence-corrected chi connectivity index (χ1v) is 6.88. The van der Waals surface area contributed by atoms with Gasteiger partial charge >= 0.3 is 0 Å². The number of pyridine rings is 1. The van der Waals surface area contributed by atoms with Crippen molar-refractivity contribution in [1.29, 1.82) is 0 Å². The van der Waals surface area contributed by atoms with Crippen LogP contribution in [0.3, 0.4) is 0 Å². The molecule has 5 heteroatoms. The van der Waals surface area contributed by atoms with Crippen molar-refractivity contribution in [2.24, 2.45) is 11.7 Å². The summed E-state index contributed by atoms with van der Waals surface area (Å²) >= 11 is 0. The van der Waals surface area contributed by atoms with Crippen LogP contribution in [0.2, 0.25) is 0 Å². The molecule has 0 unspecified atom stereocenters. The van der Waals surface area contributed by atoms with Crippen LogP contribution in [0.4, 0.5) is 0 Å². The van der Waals surface area contributed by atoms with Crippen LogP contribution in [0.1, 0.15) is 18.4 Å². The maximum Gasteiger partial charge on any atom is 0.223 e. The Bertz CT molecular complexity index is 388. The van der Waals surface area contributed by atoms with Crippen molar-refractivity contribution >= 4 is 5.91 Å². The fourth-order valence-corrected chi connectivity index (χ4v) is 2.44. The van der Waals surface area contributed by atoms with Crippen LogP contribution in [-0.2, 0) is 11.3 Å². The van der Waals surface area contributed by atoms with E-state index in [-0.39, 0.29) is 11.8 Å². The second-order valence-corrected chi connectivity index (χ2v) is 4.98. The number of hydrogen-bond donors (Lipinski definition) is 2. The summed E-state index contributed by atoms with van der Waals surface area (Å²) in [4.78, 5) is 18.4. The van der Waals surface area contributed by atoms with E-state index in [9.17, 15) is 4.79 Å². The molecule has 0 atom stereocenters. The number of rotatable bonds is 5. The van der Waals surface area contributed by atoms with Gasteiger partial charge in [0.2, 0.25) is 5.91 Å². The Morgan fingerprint density at radius 1 is 1.37 bits per heavy atom. The highest BCUT2D eigenvalue weighted by Crippen LogP contribution is 2.17. The van der Waals surface area contributed by atoms with E-state index in [2.05, 4.69) is 15.2 Å². The molecule has 104 valence electrons. The largest absolute Gasteiger partial charge is 0.352 e. The average Bonchev–Trinajstić information content (AvgIpc) is 2.47. The van der Waals surface area contributed by atoms with E-state index in [0.717, 1.165) is 38.0 Å². The van der Waals surface area contributed by atoms with E-state index < -0.39 is 0 Å². The Balaban J connectivity index is 1.73. The Kier molecular flexibility index (Phi) is 5.30. The molecule has 1 aromatic rings. The number of nitrogens with one attached hydrogen (secondary N) is 1. The average molecular weight is 262 g/mol. The third kappa shape index (κ3) is 4.29. The molecule has 1 aliphatic heterocycles. The first kappa shape index (κ1) is 14.0. The quantitative estimate of drug-likeness (QED) is 0.804. The molecule has 0 aliphatic carbocycles. The lowest BCUT2D eigenvalue weighted by Crippen LogP contribution is -2.41. The molecule has 5 nitrogen and oxygen atoms in total. The molecule has 1 saturated heterocycles. The topological polar surface area (TPSA) is 71.2 Å². The second-order valence-electron chi connectivity index (χ2n) is 4.98. The molecule has 0 spiro atoms. The smallest absolute Gasteiger partial charge is 0.223 e. The first-order chi connectivity index (χ1) is 9.29. The van der Waals surface area contributed by atoms with E-state index in [1.54, 1.807) is 12.4 Å². The first-order valence-electron chi connectivity index (χ1n) is 6.88. The van der Waals surface area contributed by atoms with Gasteiger partial charge in [0.15, 0.2) is 0 Å². The second kappa shape index (κ2) is 7.21. The molecule has 0 aromatic carbocycles. The number of hydrogen-bond acceptors (Lipinski definition) is 4. The van der Waals surface area contributed by atoms with Gasteiger partial charge in [-0.15, -0.1) is 0 Å². The van der Waals surface area contributed by atoms with Gasteiger partial charge in [0.05, 0.1) is 0 Å². The van der Waals surface area contributed by atoms with Gasteiger partial charge in [-0.1, -0.05) is 0 Å². The number of nitrogens with zero attached hydrogens (tertiary/aromatic N) is 2. The van der Waals surface area contributed by atoms with Gasteiger partial charge in [-0.3, -0.25) is 9.78 Å². The summed E-state index contributed by atoms with van der Waals surface area (Å²) in [5.41, 5.74) is 6.63. The van der Waals surface area contributed by atoms with Crippen LogP contribution in [0.15, 0.2) is 24.5 Å². The third-order valence-corrected chi connectivity index (χ3v) is 3.62. The highest BCUT2D eigenvalue weighted by Gasteiger charge is 2.24. The minimum Gasteiger partial charge on any atom is -0.352 e. The SMILES string of the molecule is NCCN1CCC(C(=O)NCc2ccncc2)CC1. The zero-order valence-electron chi connectivity index (χ0n) is 11.2. The third-order valence-electron chi connectivity index (χ3n) is 3.62. The summed E-state index contributed by atoms with van der Waals surface area (Å²) in [6.45, 7) is 4.17. The van der Waals surface area contributed by atoms with Crippen LogP contribution >= 0.6 is 0 Å². The molecule has 1 fully saturated rings. The van der Waals surface area contributed by atoms with Gasteiger partial charge in [0, 0.05) is 37.9 Å². The molecule has 0 saturated carbocycles. The number of nitrogens with two attached hydrogens (primary N) is 1. The zero-order chi connectivity index (χ0) is 13.5. The van der Waals surface area contributed by atoms with E-state index in [0.29, 0.717) is 13.1 Å². The van der Waals surface area contributed by atoms with Crippen molar-refractivity contribution in [3.05, 3.63) is 30.1 Å². The van der Waals surface area contributed by atoms with Crippen LogP contribution in [0.25, 0.3) is 0 Å². The number of carbonyl (C=O) groups is 1. The molecule has 0 bridgehead atoms. The Morgan fingerprint density at radius 2 is 2.05 bits per heavy atom. The Labute approximate surface area is 114 Å². The number of amides is 1. The highest BCUT2D eigenvalue weighted by atomic mass is 16.1. The van der Waals surface area contributed by atoms with E-state index >= 15 is 0 Å². The lowest BCUT2D eigenvalue weighted by Gasteiger charge is -2.30. The molecule has 3 N–H and O–H groups in total. The Hall–Kier alpha value is -1.46. The molecular formula is C14H22N4O. The molecule has 1 amide bonds. The van der Waals surface area contributed by atoms with Crippen molar-refractivity contribution in [1.82, 2.24) is 15.2 Å². The normalized spacial score (nSPS) is 17.3. The van der Waals surface area contributed by atoms with Gasteiger partial charge in [0.25, 0.3) is 0 Å². The van der Waals surface area contributed by atoms with E-state index in [1.165, 1.54) is 0 Å².